The molecule has 0 saturated heterocycles. The first-order valence-electron chi connectivity index (χ1n) is 1.30. The summed E-state index contributed by atoms with van der Waals surface area (Å²) in [6.07, 6.45) is 0. The van der Waals surface area contributed by atoms with Crippen molar-refractivity contribution in [1.29, 1.82) is 0 Å². The number of rotatable bonds is 2. The van der Waals surface area contributed by atoms with Crippen LogP contribution in [0.3, 0.4) is 0 Å². The lowest BCUT2D eigenvalue weighted by Crippen LogP contribution is -2.28. The third-order valence-corrected chi connectivity index (χ3v) is 1.64. The highest BCUT2D eigenvalue weighted by molar-refractivity contribution is 6.48. The zero-order chi connectivity index (χ0) is 5.86. The second-order valence-corrected chi connectivity index (χ2v) is 2.61. The Labute approximate surface area is 43.4 Å². The van der Waals surface area contributed by atoms with Gasteiger partial charge in [0.25, 0.3) is 0 Å². The van der Waals surface area contributed by atoms with Crippen LogP contribution in [-0.4, -0.2) is 38.2 Å². The molecule has 0 unspecified atom stereocenters. The smallest absolute Gasteiger partial charge is 0.388 e. The van der Waals surface area contributed by atoms with E-state index >= 15 is 0 Å². The Morgan fingerprint density at radius 2 is 1.14 bits per heavy atom. The fraction of sp³-hybridized carbons (Fsp3) is 0. The molecule has 0 rings (SSSR count). The van der Waals surface area contributed by atoms with Crippen molar-refractivity contribution >= 4 is 19.1 Å². The molecule has 0 aromatic heterocycles. The first-order chi connectivity index (χ1) is 3.13. The third-order valence-electron chi connectivity index (χ3n) is 0.183. The number of hydrogen-bond donors (Lipinski definition) is 4. The summed E-state index contributed by atoms with van der Waals surface area (Å²) in [6, 6.07) is 0. The highest BCUT2D eigenvalue weighted by Crippen LogP contribution is 1.73. The van der Waals surface area contributed by atoms with Gasteiger partial charge < -0.3 is 23.3 Å². The van der Waals surface area contributed by atoms with Gasteiger partial charge in [-0.05, 0) is 0 Å². The molecule has 7 heteroatoms. The molecule has 0 atom stereocenters. The minimum Gasteiger partial charge on any atom is -0.388 e. The lowest BCUT2D eigenvalue weighted by Gasteiger charge is -1.96. The molecule has 0 aromatic rings. The number of hydrogen-bond acceptors (Lipinski definition) is 5. The summed E-state index contributed by atoms with van der Waals surface area (Å²) < 4.78 is 3.68. The van der Waals surface area contributed by atoms with Gasteiger partial charge in [0.05, 0.1) is 0 Å². The Bertz CT molecular complexity index is 35.3. The monoisotopic (exact) mass is 140 g/mol. The molecule has 5 nitrogen and oxygen atoms in total. The molecule has 0 spiro atoms. The minimum atomic E-state index is -2.89. The fourth-order valence-electron chi connectivity index (χ4n) is 0.0816. The molecule has 0 aliphatic rings. The zero-order valence-corrected chi connectivity index (χ0v) is 5.20. The Kier molecular flexibility index (Phi) is 3.37. The van der Waals surface area contributed by atoms with E-state index in [-0.39, 0.29) is 0 Å². The maximum Gasteiger partial charge on any atom is 0.563 e. The summed E-state index contributed by atoms with van der Waals surface area (Å²) >= 11 is 0. The normalized spacial score (nSPS) is 11.1. The molecule has 0 fully saturated rings. The van der Waals surface area contributed by atoms with Crippen LogP contribution < -0.4 is 0 Å². The highest BCUT2D eigenvalue weighted by atomic mass is 28.4. The fourth-order valence-corrected chi connectivity index (χ4v) is 0.735. The summed E-state index contributed by atoms with van der Waals surface area (Å²) in [7, 11) is -5.78. The van der Waals surface area contributed by atoms with Gasteiger partial charge >= 0.3 is 19.1 Å². The summed E-state index contributed by atoms with van der Waals surface area (Å²) in [5.41, 5.74) is 0. The molecule has 42 valence electrons. The van der Waals surface area contributed by atoms with Gasteiger partial charge in [0.2, 0.25) is 0 Å². The van der Waals surface area contributed by atoms with Crippen LogP contribution in [0.25, 0.3) is 0 Å². The summed E-state index contributed by atoms with van der Waals surface area (Å²) in [5.74, 6) is 0. The van der Waals surface area contributed by atoms with Crippen molar-refractivity contribution in [1.82, 2.24) is 0 Å². The van der Waals surface area contributed by atoms with Crippen molar-refractivity contribution in [3.05, 3.63) is 0 Å². The average molecular weight is 140 g/mol. The second kappa shape index (κ2) is 3.26. The van der Waals surface area contributed by atoms with Crippen LogP contribution in [0, 0.1) is 0 Å². The van der Waals surface area contributed by atoms with E-state index < -0.39 is 19.1 Å². The molecular weight excluding hydrogens is 136 g/mol. The van der Waals surface area contributed by atoms with Crippen molar-refractivity contribution in [2.24, 2.45) is 0 Å². The average Bonchev–Trinajstić information content (AvgIpc) is 1.27. The SMILES string of the molecule is O[Si](O)O[Si](O)O. The summed E-state index contributed by atoms with van der Waals surface area (Å²) in [6.45, 7) is 0. The van der Waals surface area contributed by atoms with E-state index in [9.17, 15) is 0 Å². The first-order valence-corrected chi connectivity index (χ1v) is 3.91. The van der Waals surface area contributed by atoms with Crippen LogP contribution >= 0.6 is 0 Å². The quantitative estimate of drug-likeness (QED) is 0.306. The van der Waals surface area contributed by atoms with E-state index in [0.717, 1.165) is 0 Å². The molecule has 0 bridgehead atoms. The lowest BCUT2D eigenvalue weighted by molar-refractivity contribution is 0.213. The third kappa shape index (κ3) is 6.23. The molecular formula is H4O5Si2. The Hall–Kier alpha value is 0.234. The van der Waals surface area contributed by atoms with Crippen molar-refractivity contribution < 1.29 is 23.3 Å². The molecule has 0 saturated carbocycles. The van der Waals surface area contributed by atoms with Crippen molar-refractivity contribution in [2.45, 2.75) is 0 Å². The largest absolute Gasteiger partial charge is 0.563 e. The van der Waals surface area contributed by atoms with Gasteiger partial charge in [-0.15, -0.1) is 0 Å². The Morgan fingerprint density at radius 1 is 0.857 bits per heavy atom. The lowest BCUT2D eigenvalue weighted by atomic mass is 15.7. The molecule has 0 aromatic carbocycles. The van der Waals surface area contributed by atoms with Crippen LogP contribution in [0.2, 0.25) is 0 Å². The van der Waals surface area contributed by atoms with Gasteiger partial charge in [-0.3, -0.25) is 0 Å². The van der Waals surface area contributed by atoms with E-state index in [0.29, 0.717) is 0 Å². The van der Waals surface area contributed by atoms with Gasteiger partial charge in [-0.25, -0.2) is 0 Å². The second-order valence-electron chi connectivity index (χ2n) is 0.667. The van der Waals surface area contributed by atoms with Crippen molar-refractivity contribution in [3.8, 4) is 0 Å². The minimum absolute atomic E-state index is 2.89. The van der Waals surface area contributed by atoms with Crippen LogP contribution in [0.5, 0.6) is 0 Å². The Balaban J connectivity index is 2.95. The highest BCUT2D eigenvalue weighted by Gasteiger charge is 2.15. The standard InChI is InChI=1S/H4O5Si2/c1-6(2)5-7(3)4/h1-4H. The first kappa shape index (κ1) is 7.23. The van der Waals surface area contributed by atoms with Crippen LogP contribution in [0.15, 0.2) is 0 Å². The van der Waals surface area contributed by atoms with E-state index in [1.165, 1.54) is 0 Å². The summed E-state index contributed by atoms with van der Waals surface area (Å²) in [4.78, 5) is 31.5. The molecule has 0 amide bonds. The van der Waals surface area contributed by atoms with Gasteiger partial charge in [-0.2, -0.15) is 0 Å². The van der Waals surface area contributed by atoms with Gasteiger partial charge in [0, 0.05) is 0 Å². The molecule has 0 aliphatic carbocycles. The zero-order valence-electron chi connectivity index (χ0n) is 3.20. The topological polar surface area (TPSA) is 90.2 Å². The summed E-state index contributed by atoms with van der Waals surface area (Å²) in [5, 5.41) is 0. The van der Waals surface area contributed by atoms with E-state index in [4.69, 9.17) is 19.2 Å². The van der Waals surface area contributed by atoms with Crippen molar-refractivity contribution in [3.63, 3.8) is 0 Å². The van der Waals surface area contributed by atoms with Crippen LogP contribution in [0.4, 0.5) is 0 Å². The van der Waals surface area contributed by atoms with E-state index in [1.807, 2.05) is 0 Å². The molecule has 4 N–H and O–H groups in total. The van der Waals surface area contributed by atoms with E-state index in [1.54, 1.807) is 0 Å². The van der Waals surface area contributed by atoms with E-state index in [2.05, 4.69) is 4.12 Å². The van der Waals surface area contributed by atoms with Crippen LogP contribution in [-0.2, 0) is 4.12 Å². The predicted molar refractivity (Wildman–Crippen MR) is 21.5 cm³/mol. The maximum absolute atomic E-state index is 7.86. The Morgan fingerprint density at radius 3 is 1.14 bits per heavy atom. The van der Waals surface area contributed by atoms with Gasteiger partial charge in [0.15, 0.2) is 0 Å². The van der Waals surface area contributed by atoms with Crippen molar-refractivity contribution in [2.75, 3.05) is 0 Å². The molecule has 7 heavy (non-hydrogen) atoms. The molecule has 0 aliphatic heterocycles. The molecule has 0 heterocycles. The van der Waals surface area contributed by atoms with Gasteiger partial charge in [-0.1, -0.05) is 0 Å². The molecule has 2 radical (unpaired) electrons. The predicted octanol–water partition coefficient (Wildman–Crippen LogP) is -3.06. The van der Waals surface area contributed by atoms with Crippen LogP contribution in [0.1, 0.15) is 0 Å². The van der Waals surface area contributed by atoms with Gasteiger partial charge in [0.1, 0.15) is 0 Å². The maximum atomic E-state index is 7.86.